The molecule has 1 nitrogen and oxygen atoms in total. The molecule has 0 spiro atoms. The fourth-order valence-electron chi connectivity index (χ4n) is 1.96. The standard InChI is InChI=1S/C11H17NS2/c12-10(11-2-1-5-14-11)8-9-3-6-13-7-4-9/h1-2,5,9-10H,3-4,6-8,12H2. The van der Waals surface area contributed by atoms with Gasteiger partial charge in [-0.25, -0.2) is 0 Å². The molecule has 1 aromatic rings. The van der Waals surface area contributed by atoms with Crippen molar-refractivity contribution in [1.29, 1.82) is 0 Å². The van der Waals surface area contributed by atoms with E-state index in [1.54, 1.807) is 11.3 Å². The van der Waals surface area contributed by atoms with Gasteiger partial charge in [-0.3, -0.25) is 0 Å². The van der Waals surface area contributed by atoms with Gasteiger partial charge < -0.3 is 5.73 Å². The quantitative estimate of drug-likeness (QED) is 0.857. The molecule has 2 rings (SSSR count). The van der Waals surface area contributed by atoms with Gasteiger partial charge in [0.1, 0.15) is 0 Å². The number of hydrogen-bond acceptors (Lipinski definition) is 3. The molecule has 0 bridgehead atoms. The highest BCUT2D eigenvalue weighted by Crippen LogP contribution is 2.31. The second kappa shape index (κ2) is 5.19. The van der Waals surface area contributed by atoms with Gasteiger partial charge in [0, 0.05) is 10.9 Å². The van der Waals surface area contributed by atoms with E-state index in [-0.39, 0.29) is 6.04 Å². The number of nitrogens with two attached hydrogens (primary N) is 1. The Morgan fingerprint density at radius 1 is 1.43 bits per heavy atom. The summed E-state index contributed by atoms with van der Waals surface area (Å²) in [6.07, 6.45) is 3.91. The Morgan fingerprint density at radius 2 is 2.21 bits per heavy atom. The molecule has 0 saturated carbocycles. The second-order valence-corrected chi connectivity index (χ2v) is 6.12. The smallest absolute Gasteiger partial charge is 0.0392 e. The first-order valence-corrected chi connectivity index (χ1v) is 7.26. The van der Waals surface area contributed by atoms with Crippen LogP contribution in [0.15, 0.2) is 17.5 Å². The van der Waals surface area contributed by atoms with E-state index in [0.717, 1.165) is 5.92 Å². The van der Waals surface area contributed by atoms with Crippen molar-refractivity contribution in [2.24, 2.45) is 11.7 Å². The van der Waals surface area contributed by atoms with E-state index in [9.17, 15) is 0 Å². The van der Waals surface area contributed by atoms with Gasteiger partial charge in [0.05, 0.1) is 0 Å². The Bertz CT molecular complexity index is 252. The summed E-state index contributed by atoms with van der Waals surface area (Å²) in [5.41, 5.74) is 6.17. The minimum absolute atomic E-state index is 0.281. The van der Waals surface area contributed by atoms with E-state index >= 15 is 0 Å². The van der Waals surface area contributed by atoms with E-state index < -0.39 is 0 Å². The van der Waals surface area contributed by atoms with Crippen molar-refractivity contribution in [3.8, 4) is 0 Å². The Balaban J connectivity index is 1.84. The molecule has 2 N–H and O–H groups in total. The van der Waals surface area contributed by atoms with Crippen LogP contribution in [0.1, 0.15) is 30.2 Å². The summed E-state index contributed by atoms with van der Waals surface area (Å²) in [6.45, 7) is 0. The number of rotatable bonds is 3. The zero-order chi connectivity index (χ0) is 9.80. The molecule has 1 aliphatic heterocycles. The van der Waals surface area contributed by atoms with Crippen molar-refractivity contribution in [1.82, 2.24) is 0 Å². The van der Waals surface area contributed by atoms with E-state index in [4.69, 9.17) is 5.73 Å². The highest BCUT2D eigenvalue weighted by molar-refractivity contribution is 7.99. The zero-order valence-corrected chi connectivity index (χ0v) is 9.95. The average molecular weight is 227 g/mol. The SMILES string of the molecule is NC(CC1CCSCC1)c1cccs1. The predicted octanol–water partition coefficient (Wildman–Crippen LogP) is 3.28. The van der Waals surface area contributed by atoms with Crippen molar-refractivity contribution < 1.29 is 0 Å². The Hall–Kier alpha value is 0.01000. The van der Waals surface area contributed by atoms with Crippen molar-refractivity contribution in [3.63, 3.8) is 0 Å². The zero-order valence-electron chi connectivity index (χ0n) is 8.32. The van der Waals surface area contributed by atoms with Gasteiger partial charge in [0.25, 0.3) is 0 Å². The van der Waals surface area contributed by atoms with Gasteiger partial charge in [-0.1, -0.05) is 6.07 Å². The molecule has 1 unspecified atom stereocenters. The van der Waals surface area contributed by atoms with E-state index in [1.165, 1.54) is 35.6 Å². The maximum Gasteiger partial charge on any atom is 0.0392 e. The van der Waals surface area contributed by atoms with Crippen LogP contribution in [-0.2, 0) is 0 Å². The lowest BCUT2D eigenvalue weighted by molar-refractivity contribution is 0.415. The van der Waals surface area contributed by atoms with Gasteiger partial charge in [-0.15, -0.1) is 11.3 Å². The fraction of sp³-hybridized carbons (Fsp3) is 0.636. The van der Waals surface area contributed by atoms with Crippen LogP contribution in [-0.4, -0.2) is 11.5 Å². The summed E-state index contributed by atoms with van der Waals surface area (Å²) in [5, 5.41) is 2.12. The lowest BCUT2D eigenvalue weighted by atomic mass is 9.94. The minimum Gasteiger partial charge on any atom is -0.323 e. The van der Waals surface area contributed by atoms with Crippen LogP contribution in [0, 0.1) is 5.92 Å². The summed E-state index contributed by atoms with van der Waals surface area (Å²) < 4.78 is 0. The third-order valence-electron chi connectivity index (χ3n) is 2.84. The van der Waals surface area contributed by atoms with Crippen LogP contribution < -0.4 is 5.73 Å². The summed E-state index contributed by atoms with van der Waals surface area (Å²) in [6, 6.07) is 4.53. The first-order valence-electron chi connectivity index (χ1n) is 5.23. The lowest BCUT2D eigenvalue weighted by Crippen LogP contribution is -2.17. The largest absolute Gasteiger partial charge is 0.323 e. The van der Waals surface area contributed by atoms with Crippen molar-refractivity contribution in [3.05, 3.63) is 22.4 Å². The lowest BCUT2D eigenvalue weighted by Gasteiger charge is -2.23. The normalized spacial score (nSPS) is 20.9. The molecule has 0 amide bonds. The van der Waals surface area contributed by atoms with Crippen LogP contribution in [0.2, 0.25) is 0 Å². The molecule has 1 aliphatic rings. The monoisotopic (exact) mass is 227 g/mol. The minimum atomic E-state index is 0.281. The number of hydrogen-bond donors (Lipinski definition) is 1. The second-order valence-electron chi connectivity index (χ2n) is 3.91. The first kappa shape index (κ1) is 10.5. The maximum absolute atomic E-state index is 6.17. The average Bonchev–Trinajstić information content (AvgIpc) is 2.72. The van der Waals surface area contributed by atoms with Crippen LogP contribution in [0.5, 0.6) is 0 Å². The highest BCUT2D eigenvalue weighted by atomic mass is 32.2. The van der Waals surface area contributed by atoms with Crippen LogP contribution >= 0.6 is 23.1 Å². The molecule has 1 aromatic heterocycles. The molecule has 1 atom stereocenters. The number of thiophene rings is 1. The Kier molecular flexibility index (Phi) is 3.90. The number of thioether (sulfide) groups is 1. The fourth-order valence-corrected chi connectivity index (χ4v) is 3.91. The predicted molar refractivity (Wildman–Crippen MR) is 65.9 cm³/mol. The molecule has 0 aliphatic carbocycles. The molecular formula is C11H17NS2. The summed E-state index contributed by atoms with van der Waals surface area (Å²) in [4.78, 5) is 1.35. The summed E-state index contributed by atoms with van der Waals surface area (Å²) >= 11 is 3.87. The molecular weight excluding hydrogens is 210 g/mol. The first-order chi connectivity index (χ1) is 6.86. The molecule has 14 heavy (non-hydrogen) atoms. The van der Waals surface area contributed by atoms with Crippen LogP contribution in [0.3, 0.4) is 0 Å². The molecule has 0 radical (unpaired) electrons. The van der Waals surface area contributed by atoms with E-state index in [2.05, 4.69) is 29.3 Å². The third-order valence-corrected chi connectivity index (χ3v) is 4.89. The van der Waals surface area contributed by atoms with Gasteiger partial charge in [0.2, 0.25) is 0 Å². The Labute approximate surface area is 94.1 Å². The summed E-state index contributed by atoms with van der Waals surface area (Å²) in [5.74, 6) is 3.54. The summed E-state index contributed by atoms with van der Waals surface area (Å²) in [7, 11) is 0. The van der Waals surface area contributed by atoms with Crippen molar-refractivity contribution in [2.75, 3.05) is 11.5 Å². The van der Waals surface area contributed by atoms with Gasteiger partial charge in [-0.2, -0.15) is 11.8 Å². The Morgan fingerprint density at radius 3 is 2.86 bits per heavy atom. The van der Waals surface area contributed by atoms with Crippen molar-refractivity contribution >= 4 is 23.1 Å². The third kappa shape index (κ3) is 2.75. The highest BCUT2D eigenvalue weighted by Gasteiger charge is 2.18. The topological polar surface area (TPSA) is 26.0 Å². The van der Waals surface area contributed by atoms with Crippen LogP contribution in [0.4, 0.5) is 0 Å². The molecule has 3 heteroatoms. The molecule has 0 aromatic carbocycles. The molecule has 1 saturated heterocycles. The van der Waals surface area contributed by atoms with E-state index in [0.29, 0.717) is 0 Å². The molecule has 2 heterocycles. The van der Waals surface area contributed by atoms with Crippen LogP contribution in [0.25, 0.3) is 0 Å². The van der Waals surface area contributed by atoms with Gasteiger partial charge >= 0.3 is 0 Å². The van der Waals surface area contributed by atoms with Gasteiger partial charge in [0.15, 0.2) is 0 Å². The van der Waals surface area contributed by atoms with Gasteiger partial charge in [-0.05, 0) is 48.1 Å². The molecule has 1 fully saturated rings. The van der Waals surface area contributed by atoms with E-state index in [1.807, 2.05) is 0 Å². The van der Waals surface area contributed by atoms with Crippen molar-refractivity contribution in [2.45, 2.75) is 25.3 Å². The maximum atomic E-state index is 6.17. The molecule has 78 valence electrons.